The number of carbonyl (C=O) groups is 1. The first-order valence-electron chi connectivity index (χ1n) is 9.80. The van der Waals surface area contributed by atoms with Crippen LogP contribution in [0.5, 0.6) is 5.88 Å². The molecule has 0 aliphatic heterocycles. The zero-order valence-corrected chi connectivity index (χ0v) is 17.4. The summed E-state index contributed by atoms with van der Waals surface area (Å²) in [6.45, 7) is 3.70. The van der Waals surface area contributed by atoms with E-state index in [4.69, 9.17) is 10.1 Å². The normalized spacial score (nSPS) is 11.4. The molecule has 6 nitrogen and oxygen atoms in total. The summed E-state index contributed by atoms with van der Waals surface area (Å²) >= 11 is 0. The molecular formula is C24H28N4O2. The first-order valence-corrected chi connectivity index (χ1v) is 9.80. The minimum atomic E-state index is -0.224. The van der Waals surface area contributed by atoms with Gasteiger partial charge in [-0.05, 0) is 25.0 Å². The van der Waals surface area contributed by atoms with E-state index in [0.29, 0.717) is 23.0 Å². The van der Waals surface area contributed by atoms with Crippen molar-refractivity contribution in [2.75, 3.05) is 19.0 Å². The van der Waals surface area contributed by atoms with Gasteiger partial charge in [0, 0.05) is 25.7 Å². The summed E-state index contributed by atoms with van der Waals surface area (Å²) in [5.41, 5.74) is 3.77. The number of carbonyl (C=O) groups excluding carboxylic acids is 1. The number of hydrogen-bond acceptors (Lipinski definition) is 5. The van der Waals surface area contributed by atoms with E-state index in [9.17, 15) is 4.79 Å². The van der Waals surface area contributed by atoms with Gasteiger partial charge in [0.25, 0.3) is 5.91 Å². The van der Waals surface area contributed by atoms with Crippen LogP contribution in [0.2, 0.25) is 0 Å². The van der Waals surface area contributed by atoms with Crippen molar-refractivity contribution in [3.05, 3.63) is 89.0 Å². The van der Waals surface area contributed by atoms with E-state index in [0.717, 1.165) is 16.7 Å². The zero-order valence-electron chi connectivity index (χ0n) is 17.4. The second-order valence-corrected chi connectivity index (χ2v) is 6.98. The number of nitrogens with one attached hydrogen (secondary N) is 3. The molecule has 0 bridgehead atoms. The number of nitrogens with zero attached hydrogens (tertiary/aromatic N) is 1. The van der Waals surface area contributed by atoms with E-state index < -0.39 is 0 Å². The second kappa shape index (κ2) is 9.69. The van der Waals surface area contributed by atoms with Gasteiger partial charge in [-0.25, -0.2) is 0 Å². The molecule has 3 aromatic rings. The predicted molar refractivity (Wildman–Crippen MR) is 122 cm³/mol. The fraction of sp³-hybridized carbons (Fsp3) is 0.208. The van der Waals surface area contributed by atoms with Gasteiger partial charge in [0.1, 0.15) is 5.82 Å². The van der Waals surface area contributed by atoms with Gasteiger partial charge in [0.05, 0.1) is 11.8 Å². The van der Waals surface area contributed by atoms with Crippen molar-refractivity contribution in [3.8, 4) is 5.88 Å². The second-order valence-electron chi connectivity index (χ2n) is 6.98. The largest absolute Gasteiger partial charge is 0.468 e. The third-order valence-corrected chi connectivity index (χ3v) is 4.77. The molecule has 0 unspecified atom stereocenters. The van der Waals surface area contributed by atoms with Crippen LogP contribution < -0.4 is 15.4 Å². The number of hydrogen-bond donors (Lipinski definition) is 3. The Balaban J connectivity index is 0.00000341. The lowest BCUT2D eigenvalue weighted by atomic mass is 9.99. The zero-order chi connectivity index (χ0) is 21.5. The topological polar surface area (TPSA) is 87.1 Å². The standard InChI is InChI=1S/C24H26N4O2.H2/c1-16-14-21(30-15-20(29)27-17(2)18-10-6-4-7-11-18)28-24(26-3)22(16)23(25)19-12-8-5-9-13-19;/h4-14,17,25H,15H2,1-3H3,(H,26,28)(H,27,29);1H/t17-;/m0./s1. The third kappa shape index (κ3) is 5.03. The molecule has 6 heteroatoms. The van der Waals surface area contributed by atoms with Gasteiger partial charge in [0.15, 0.2) is 6.61 Å². The molecule has 1 heterocycles. The summed E-state index contributed by atoms with van der Waals surface area (Å²) in [5.74, 6) is 0.652. The van der Waals surface area contributed by atoms with Crippen LogP contribution in [0.3, 0.4) is 0 Å². The molecule has 1 atom stereocenters. The van der Waals surface area contributed by atoms with Crippen LogP contribution in [0.1, 0.15) is 36.6 Å². The Labute approximate surface area is 178 Å². The Morgan fingerprint density at radius 3 is 2.40 bits per heavy atom. The van der Waals surface area contributed by atoms with Crippen molar-refractivity contribution in [2.45, 2.75) is 19.9 Å². The summed E-state index contributed by atoms with van der Waals surface area (Å²) in [6, 6.07) is 20.9. The van der Waals surface area contributed by atoms with Gasteiger partial charge < -0.3 is 15.4 Å². The van der Waals surface area contributed by atoms with Crippen LogP contribution in [0.4, 0.5) is 5.82 Å². The Morgan fingerprint density at radius 1 is 1.13 bits per heavy atom. The van der Waals surface area contributed by atoms with Gasteiger partial charge in [-0.1, -0.05) is 60.7 Å². The summed E-state index contributed by atoms with van der Waals surface area (Å²) < 4.78 is 5.63. The average Bonchev–Trinajstić information content (AvgIpc) is 2.78. The molecule has 156 valence electrons. The highest BCUT2D eigenvalue weighted by molar-refractivity contribution is 6.14. The van der Waals surface area contributed by atoms with Crippen molar-refractivity contribution < 1.29 is 11.0 Å². The summed E-state index contributed by atoms with van der Waals surface area (Å²) in [5, 5.41) is 14.5. The number of aryl methyl sites for hydroxylation is 1. The van der Waals surface area contributed by atoms with Gasteiger partial charge in [-0.15, -0.1) is 0 Å². The highest BCUT2D eigenvalue weighted by Gasteiger charge is 2.17. The van der Waals surface area contributed by atoms with E-state index >= 15 is 0 Å². The van der Waals surface area contributed by atoms with E-state index in [1.807, 2.05) is 74.5 Å². The number of rotatable bonds is 8. The first-order chi connectivity index (χ1) is 14.5. The van der Waals surface area contributed by atoms with Crippen LogP contribution in [0.25, 0.3) is 0 Å². The predicted octanol–water partition coefficient (Wildman–Crippen LogP) is 4.35. The van der Waals surface area contributed by atoms with E-state index in [2.05, 4.69) is 15.6 Å². The SMILES string of the molecule is CNc1nc(OCC(=O)N[C@@H](C)c2ccccc2)cc(C)c1C(=N)c1ccccc1.[HH]. The summed E-state index contributed by atoms with van der Waals surface area (Å²) in [4.78, 5) is 16.7. The molecule has 1 amide bonds. The Bertz CT molecular complexity index is 1030. The molecule has 0 radical (unpaired) electrons. The Hall–Kier alpha value is -3.67. The van der Waals surface area contributed by atoms with Crippen molar-refractivity contribution >= 4 is 17.4 Å². The fourth-order valence-corrected chi connectivity index (χ4v) is 3.21. The number of benzene rings is 2. The molecule has 2 aromatic carbocycles. The van der Waals surface area contributed by atoms with E-state index in [1.165, 1.54) is 0 Å². The molecule has 3 rings (SSSR count). The molecule has 0 aliphatic rings. The molecule has 0 spiro atoms. The van der Waals surface area contributed by atoms with Crippen molar-refractivity contribution in [3.63, 3.8) is 0 Å². The molecule has 3 N–H and O–H groups in total. The highest BCUT2D eigenvalue weighted by atomic mass is 16.5. The van der Waals surface area contributed by atoms with Crippen LogP contribution in [0.15, 0.2) is 66.7 Å². The number of ether oxygens (including phenoxy) is 1. The van der Waals surface area contributed by atoms with Gasteiger partial charge in [0.2, 0.25) is 5.88 Å². The molecule has 1 aromatic heterocycles. The van der Waals surface area contributed by atoms with Crippen LogP contribution >= 0.6 is 0 Å². The molecule has 0 saturated heterocycles. The maximum absolute atomic E-state index is 12.3. The van der Waals surface area contributed by atoms with E-state index in [-0.39, 0.29) is 20.0 Å². The monoisotopic (exact) mass is 404 g/mol. The fourth-order valence-electron chi connectivity index (χ4n) is 3.21. The maximum atomic E-state index is 12.3. The quantitative estimate of drug-likeness (QED) is 0.487. The van der Waals surface area contributed by atoms with Crippen LogP contribution in [0, 0.1) is 12.3 Å². The molecule has 0 aliphatic carbocycles. The first kappa shape index (κ1) is 21.0. The molecule has 0 fully saturated rings. The smallest absolute Gasteiger partial charge is 0.258 e. The minimum Gasteiger partial charge on any atom is -0.468 e. The molecule has 0 saturated carbocycles. The summed E-state index contributed by atoms with van der Waals surface area (Å²) in [7, 11) is 1.75. The maximum Gasteiger partial charge on any atom is 0.258 e. The third-order valence-electron chi connectivity index (χ3n) is 4.77. The van der Waals surface area contributed by atoms with Gasteiger partial charge in [-0.3, -0.25) is 10.2 Å². The lowest BCUT2D eigenvalue weighted by molar-refractivity contribution is -0.123. The Kier molecular flexibility index (Phi) is 6.80. The van der Waals surface area contributed by atoms with Gasteiger partial charge in [-0.2, -0.15) is 4.98 Å². The van der Waals surface area contributed by atoms with Crippen molar-refractivity contribution in [2.24, 2.45) is 0 Å². The van der Waals surface area contributed by atoms with Crippen LogP contribution in [-0.2, 0) is 4.79 Å². The minimum absolute atomic E-state index is 0. The lowest BCUT2D eigenvalue weighted by Crippen LogP contribution is -2.31. The van der Waals surface area contributed by atoms with Crippen molar-refractivity contribution in [1.82, 2.24) is 10.3 Å². The average molecular weight is 405 g/mol. The van der Waals surface area contributed by atoms with Crippen molar-refractivity contribution in [1.29, 1.82) is 5.41 Å². The lowest BCUT2D eigenvalue weighted by Gasteiger charge is -2.16. The van der Waals surface area contributed by atoms with Gasteiger partial charge >= 0.3 is 0 Å². The number of anilines is 1. The summed E-state index contributed by atoms with van der Waals surface area (Å²) in [6.07, 6.45) is 0. The number of pyridine rings is 1. The molecule has 30 heavy (non-hydrogen) atoms. The Morgan fingerprint density at radius 2 is 1.77 bits per heavy atom. The van der Waals surface area contributed by atoms with Crippen LogP contribution in [-0.4, -0.2) is 30.3 Å². The molecular weight excluding hydrogens is 376 g/mol. The number of amides is 1. The highest BCUT2D eigenvalue weighted by Crippen LogP contribution is 2.25. The number of aromatic nitrogens is 1. The van der Waals surface area contributed by atoms with E-state index in [1.54, 1.807) is 13.1 Å².